The smallest absolute Gasteiger partial charge is 0.0562 e. The molecular weight excluding hydrogens is 148 g/mol. The summed E-state index contributed by atoms with van der Waals surface area (Å²) in [6.45, 7) is 1.97. The van der Waals surface area contributed by atoms with Crippen molar-refractivity contribution in [2.75, 3.05) is 5.88 Å². The van der Waals surface area contributed by atoms with Crippen LogP contribution >= 0.6 is 11.6 Å². The van der Waals surface area contributed by atoms with E-state index < -0.39 is 0 Å². The zero-order chi connectivity index (χ0) is 7.40. The van der Waals surface area contributed by atoms with Gasteiger partial charge < -0.3 is 0 Å². The molecule has 3 heteroatoms. The summed E-state index contributed by atoms with van der Waals surface area (Å²) in [6, 6.07) is 0. The summed E-state index contributed by atoms with van der Waals surface area (Å²) >= 11 is 5.45. The monoisotopic (exact) mass is 156 g/mol. The van der Waals surface area contributed by atoms with E-state index >= 15 is 0 Å². The number of allylic oxidation sites excluding steroid dienone is 1. The predicted octanol–water partition coefficient (Wildman–Crippen LogP) is 1.97. The maximum absolute atomic E-state index is 5.45. The first-order valence-corrected chi connectivity index (χ1v) is 3.60. The van der Waals surface area contributed by atoms with Crippen LogP contribution in [0.5, 0.6) is 0 Å². The molecule has 2 nitrogen and oxygen atoms in total. The third kappa shape index (κ3) is 1.61. The SMILES string of the molecule is Cc1[nH]ncc1C=CCCl. The van der Waals surface area contributed by atoms with Gasteiger partial charge >= 0.3 is 0 Å². The molecule has 0 atom stereocenters. The Morgan fingerprint density at radius 1 is 1.80 bits per heavy atom. The van der Waals surface area contributed by atoms with Gasteiger partial charge in [0, 0.05) is 17.1 Å². The summed E-state index contributed by atoms with van der Waals surface area (Å²) in [4.78, 5) is 0. The third-order valence-corrected chi connectivity index (χ3v) is 1.43. The van der Waals surface area contributed by atoms with Crippen molar-refractivity contribution in [3.63, 3.8) is 0 Å². The normalized spacial score (nSPS) is 11.0. The van der Waals surface area contributed by atoms with Crippen LogP contribution in [0.4, 0.5) is 0 Å². The Morgan fingerprint density at radius 2 is 2.60 bits per heavy atom. The van der Waals surface area contributed by atoms with Crippen LogP contribution in [0.25, 0.3) is 6.08 Å². The fourth-order valence-electron chi connectivity index (χ4n) is 0.700. The van der Waals surface area contributed by atoms with Gasteiger partial charge in [0.2, 0.25) is 0 Å². The van der Waals surface area contributed by atoms with Crippen LogP contribution in [0, 0.1) is 6.92 Å². The molecule has 0 fully saturated rings. The first-order chi connectivity index (χ1) is 4.84. The van der Waals surface area contributed by atoms with Crippen molar-refractivity contribution < 1.29 is 0 Å². The van der Waals surface area contributed by atoms with Gasteiger partial charge in [0.15, 0.2) is 0 Å². The van der Waals surface area contributed by atoms with E-state index in [1.54, 1.807) is 6.20 Å². The van der Waals surface area contributed by atoms with Gasteiger partial charge in [0.1, 0.15) is 0 Å². The van der Waals surface area contributed by atoms with Crippen molar-refractivity contribution in [3.05, 3.63) is 23.5 Å². The van der Waals surface area contributed by atoms with Crippen molar-refractivity contribution in [3.8, 4) is 0 Å². The van der Waals surface area contributed by atoms with Crippen molar-refractivity contribution in [1.29, 1.82) is 0 Å². The van der Waals surface area contributed by atoms with E-state index in [9.17, 15) is 0 Å². The maximum Gasteiger partial charge on any atom is 0.0562 e. The number of hydrogen-bond donors (Lipinski definition) is 1. The highest BCUT2D eigenvalue weighted by atomic mass is 35.5. The van der Waals surface area contributed by atoms with Crippen molar-refractivity contribution in [2.24, 2.45) is 0 Å². The topological polar surface area (TPSA) is 28.7 Å². The van der Waals surface area contributed by atoms with Crippen LogP contribution in [-0.4, -0.2) is 16.1 Å². The molecule has 0 saturated carbocycles. The molecule has 0 aliphatic rings. The lowest BCUT2D eigenvalue weighted by molar-refractivity contribution is 1.05. The molecule has 10 heavy (non-hydrogen) atoms. The molecule has 0 aliphatic carbocycles. The predicted molar refractivity (Wildman–Crippen MR) is 43.1 cm³/mol. The summed E-state index contributed by atoms with van der Waals surface area (Å²) in [5.41, 5.74) is 2.17. The van der Waals surface area contributed by atoms with Crippen LogP contribution in [0.3, 0.4) is 0 Å². The second kappa shape index (κ2) is 3.42. The average molecular weight is 157 g/mol. The zero-order valence-corrected chi connectivity index (χ0v) is 6.52. The highest BCUT2D eigenvalue weighted by Crippen LogP contribution is 2.04. The molecule has 1 heterocycles. The maximum atomic E-state index is 5.45. The standard InChI is InChI=1S/C7H9ClN2/c1-6-7(3-2-4-8)5-9-10-6/h2-3,5H,4H2,1H3,(H,9,10). The van der Waals surface area contributed by atoms with Gasteiger partial charge in [0.25, 0.3) is 0 Å². The molecule has 1 rings (SSSR count). The Bertz CT molecular complexity index is 227. The summed E-state index contributed by atoms with van der Waals surface area (Å²) < 4.78 is 0. The molecule has 0 radical (unpaired) electrons. The molecule has 0 unspecified atom stereocenters. The van der Waals surface area contributed by atoms with Crippen LogP contribution < -0.4 is 0 Å². The number of halogens is 1. The molecule has 1 N–H and O–H groups in total. The minimum atomic E-state index is 0.546. The van der Waals surface area contributed by atoms with Crippen molar-refractivity contribution in [1.82, 2.24) is 10.2 Å². The quantitative estimate of drug-likeness (QED) is 0.652. The van der Waals surface area contributed by atoms with Crippen molar-refractivity contribution >= 4 is 17.7 Å². The number of H-pyrrole nitrogens is 1. The van der Waals surface area contributed by atoms with Gasteiger partial charge in [-0.05, 0) is 6.92 Å². The van der Waals surface area contributed by atoms with Gasteiger partial charge in [-0.1, -0.05) is 12.2 Å². The molecule has 0 aromatic carbocycles. The van der Waals surface area contributed by atoms with E-state index in [1.165, 1.54) is 0 Å². The van der Waals surface area contributed by atoms with Crippen LogP contribution in [0.2, 0.25) is 0 Å². The Balaban J connectivity index is 2.74. The summed E-state index contributed by atoms with van der Waals surface area (Å²) in [7, 11) is 0. The second-order valence-electron chi connectivity index (χ2n) is 2.01. The molecule has 0 spiro atoms. The summed E-state index contributed by atoms with van der Waals surface area (Å²) in [6.07, 6.45) is 5.61. The molecule has 0 bridgehead atoms. The highest BCUT2D eigenvalue weighted by molar-refractivity contribution is 6.19. The van der Waals surface area contributed by atoms with E-state index in [1.807, 2.05) is 19.1 Å². The molecule has 0 saturated heterocycles. The lowest BCUT2D eigenvalue weighted by Crippen LogP contribution is -1.73. The fourth-order valence-corrected chi connectivity index (χ4v) is 0.789. The van der Waals surface area contributed by atoms with E-state index in [-0.39, 0.29) is 0 Å². The number of nitrogens with zero attached hydrogens (tertiary/aromatic N) is 1. The van der Waals surface area contributed by atoms with Gasteiger partial charge in [-0.3, -0.25) is 5.10 Å². The number of rotatable bonds is 2. The Labute approximate surface area is 64.9 Å². The van der Waals surface area contributed by atoms with Crippen molar-refractivity contribution in [2.45, 2.75) is 6.92 Å². The number of hydrogen-bond acceptors (Lipinski definition) is 1. The largest absolute Gasteiger partial charge is 0.282 e. The summed E-state index contributed by atoms with van der Waals surface area (Å²) in [5.74, 6) is 0.546. The lowest BCUT2D eigenvalue weighted by Gasteiger charge is -1.84. The first kappa shape index (κ1) is 7.35. The number of aryl methyl sites for hydroxylation is 1. The molecule has 1 aromatic heterocycles. The Kier molecular flexibility index (Phi) is 2.51. The fraction of sp³-hybridized carbons (Fsp3) is 0.286. The lowest BCUT2D eigenvalue weighted by atomic mass is 10.2. The minimum absolute atomic E-state index is 0.546. The molecule has 0 aliphatic heterocycles. The van der Waals surface area contributed by atoms with E-state index in [0.717, 1.165) is 11.3 Å². The van der Waals surface area contributed by atoms with E-state index in [4.69, 9.17) is 11.6 Å². The Hall–Kier alpha value is -0.760. The second-order valence-corrected chi connectivity index (χ2v) is 2.32. The van der Waals surface area contributed by atoms with E-state index in [0.29, 0.717) is 5.88 Å². The summed E-state index contributed by atoms with van der Waals surface area (Å²) in [5, 5.41) is 6.69. The molecule has 1 aromatic rings. The van der Waals surface area contributed by atoms with Gasteiger partial charge in [0.05, 0.1) is 6.20 Å². The van der Waals surface area contributed by atoms with Gasteiger partial charge in [-0.25, -0.2) is 0 Å². The molecule has 54 valence electrons. The number of nitrogens with one attached hydrogen (secondary N) is 1. The number of aromatic amines is 1. The van der Waals surface area contributed by atoms with Crippen LogP contribution in [0.1, 0.15) is 11.3 Å². The average Bonchev–Trinajstić information content (AvgIpc) is 2.31. The first-order valence-electron chi connectivity index (χ1n) is 3.07. The van der Waals surface area contributed by atoms with Crippen LogP contribution in [0.15, 0.2) is 12.3 Å². The molecule has 0 amide bonds. The van der Waals surface area contributed by atoms with Crippen LogP contribution in [-0.2, 0) is 0 Å². The zero-order valence-electron chi connectivity index (χ0n) is 5.76. The number of aromatic nitrogens is 2. The number of alkyl halides is 1. The van der Waals surface area contributed by atoms with Gasteiger partial charge in [-0.2, -0.15) is 5.10 Å². The highest BCUT2D eigenvalue weighted by Gasteiger charge is 1.92. The van der Waals surface area contributed by atoms with E-state index in [2.05, 4.69) is 10.2 Å². The minimum Gasteiger partial charge on any atom is -0.282 e. The third-order valence-electron chi connectivity index (χ3n) is 1.26. The Morgan fingerprint density at radius 3 is 3.10 bits per heavy atom. The van der Waals surface area contributed by atoms with Gasteiger partial charge in [-0.15, -0.1) is 11.6 Å². The molecular formula is C7H9ClN2.